The molecule has 0 aliphatic heterocycles. The fraction of sp³-hybridized carbons (Fsp3) is 0.333. The molecule has 2 aromatic heterocycles. The Labute approximate surface area is 158 Å². The molecule has 26 heavy (non-hydrogen) atoms. The topological polar surface area (TPSA) is 36.4 Å². The fourth-order valence-electron chi connectivity index (χ4n) is 3.38. The number of amides is 1. The number of pyridine rings is 1. The quantitative estimate of drug-likeness (QED) is 0.575. The zero-order valence-electron chi connectivity index (χ0n) is 15.2. The second-order valence-corrected chi connectivity index (χ2v) is 7.94. The highest BCUT2D eigenvalue weighted by atomic mass is 32.1. The number of aryl methyl sites for hydroxylation is 1. The Morgan fingerprint density at radius 3 is 2.88 bits per heavy atom. The van der Waals surface area contributed by atoms with Crippen molar-refractivity contribution in [2.45, 2.75) is 25.7 Å². The van der Waals surface area contributed by atoms with Crippen LogP contribution in [0.2, 0.25) is 0 Å². The number of thiophene rings is 1. The van der Waals surface area contributed by atoms with Gasteiger partial charge in [-0.25, -0.2) is 0 Å². The number of carbonyl (C=O) groups is 1. The molecule has 0 spiro atoms. The zero-order chi connectivity index (χ0) is 18.1. The van der Waals surface area contributed by atoms with Gasteiger partial charge in [-0.05, 0) is 65.8 Å². The Kier molecular flexibility index (Phi) is 4.64. The lowest BCUT2D eigenvalue weighted by Crippen LogP contribution is -2.33. The highest BCUT2D eigenvalue weighted by molar-refractivity contribution is 7.17. The van der Waals surface area contributed by atoms with Gasteiger partial charge < -0.3 is 9.80 Å². The molecule has 0 bridgehead atoms. The van der Waals surface area contributed by atoms with Gasteiger partial charge in [-0.15, -0.1) is 11.3 Å². The first-order valence-corrected chi connectivity index (χ1v) is 9.90. The van der Waals surface area contributed by atoms with E-state index in [0.717, 1.165) is 18.6 Å². The number of carbonyl (C=O) groups excluding carboxylic acids is 1. The summed E-state index contributed by atoms with van der Waals surface area (Å²) in [5.41, 5.74) is 4.72. The van der Waals surface area contributed by atoms with Crippen molar-refractivity contribution < 1.29 is 4.79 Å². The lowest BCUT2D eigenvalue weighted by atomic mass is 10.1. The van der Waals surface area contributed by atoms with E-state index in [9.17, 15) is 4.79 Å². The van der Waals surface area contributed by atoms with Crippen molar-refractivity contribution in [3.63, 3.8) is 0 Å². The van der Waals surface area contributed by atoms with Crippen LogP contribution in [-0.4, -0.2) is 31.5 Å². The Balaban J connectivity index is 1.48. The Morgan fingerprint density at radius 2 is 2.12 bits per heavy atom. The summed E-state index contributed by atoms with van der Waals surface area (Å²) in [6.45, 7) is 3.57. The SMILES string of the molecule is Cc1csc2cc(N(C)CCN(C=O)c3cnccc3C3CC3)ccc12. The van der Waals surface area contributed by atoms with Crippen LogP contribution in [0.5, 0.6) is 0 Å². The van der Waals surface area contributed by atoms with Gasteiger partial charge >= 0.3 is 0 Å². The Hall–Kier alpha value is -2.40. The summed E-state index contributed by atoms with van der Waals surface area (Å²) in [6, 6.07) is 8.64. The summed E-state index contributed by atoms with van der Waals surface area (Å²) in [4.78, 5) is 19.9. The van der Waals surface area contributed by atoms with Gasteiger partial charge in [0.15, 0.2) is 0 Å². The molecule has 0 N–H and O–H groups in total. The molecule has 4 nitrogen and oxygen atoms in total. The molecule has 1 fully saturated rings. The maximum Gasteiger partial charge on any atom is 0.214 e. The van der Waals surface area contributed by atoms with Crippen LogP contribution in [0.3, 0.4) is 0 Å². The van der Waals surface area contributed by atoms with E-state index in [4.69, 9.17) is 0 Å². The van der Waals surface area contributed by atoms with E-state index in [1.807, 2.05) is 12.4 Å². The van der Waals surface area contributed by atoms with Crippen molar-refractivity contribution >= 4 is 39.2 Å². The molecule has 1 saturated carbocycles. The van der Waals surface area contributed by atoms with E-state index in [0.29, 0.717) is 12.5 Å². The molecule has 0 radical (unpaired) electrons. The second-order valence-electron chi connectivity index (χ2n) is 7.03. The van der Waals surface area contributed by atoms with Crippen LogP contribution in [0.15, 0.2) is 42.0 Å². The summed E-state index contributed by atoms with van der Waals surface area (Å²) in [7, 11) is 2.08. The third kappa shape index (κ3) is 3.31. The molecule has 1 aliphatic rings. The van der Waals surface area contributed by atoms with Crippen molar-refractivity contribution in [2.24, 2.45) is 0 Å². The molecule has 1 aliphatic carbocycles. The molecule has 134 valence electrons. The molecule has 1 amide bonds. The summed E-state index contributed by atoms with van der Waals surface area (Å²) >= 11 is 1.78. The highest BCUT2D eigenvalue weighted by Crippen LogP contribution is 2.43. The smallest absolute Gasteiger partial charge is 0.214 e. The first-order valence-electron chi connectivity index (χ1n) is 9.02. The van der Waals surface area contributed by atoms with Crippen molar-refractivity contribution in [1.29, 1.82) is 0 Å². The third-order valence-electron chi connectivity index (χ3n) is 5.16. The van der Waals surface area contributed by atoms with Crippen LogP contribution < -0.4 is 9.80 Å². The van der Waals surface area contributed by atoms with Crippen LogP contribution in [0, 0.1) is 6.92 Å². The number of anilines is 2. The number of nitrogens with zero attached hydrogens (tertiary/aromatic N) is 3. The van der Waals surface area contributed by atoms with Crippen molar-refractivity contribution in [3.8, 4) is 0 Å². The molecule has 0 atom stereocenters. The van der Waals surface area contributed by atoms with Gasteiger partial charge in [0.25, 0.3) is 0 Å². The third-order valence-corrected chi connectivity index (χ3v) is 6.22. The molecule has 0 unspecified atom stereocenters. The van der Waals surface area contributed by atoms with Crippen LogP contribution in [0.1, 0.15) is 29.9 Å². The predicted molar refractivity (Wildman–Crippen MR) is 109 cm³/mol. The first kappa shape index (κ1) is 17.0. The van der Waals surface area contributed by atoms with Crippen LogP contribution in [0.25, 0.3) is 10.1 Å². The van der Waals surface area contributed by atoms with Gasteiger partial charge in [0.05, 0.1) is 11.9 Å². The zero-order valence-corrected chi connectivity index (χ0v) is 16.0. The van der Waals surface area contributed by atoms with Gasteiger partial charge in [0.1, 0.15) is 0 Å². The summed E-state index contributed by atoms with van der Waals surface area (Å²) in [5.74, 6) is 0.595. The molecule has 2 heterocycles. The van der Waals surface area contributed by atoms with E-state index in [2.05, 4.69) is 53.5 Å². The summed E-state index contributed by atoms with van der Waals surface area (Å²) in [6.07, 6.45) is 7.00. The first-order chi connectivity index (χ1) is 12.7. The van der Waals surface area contributed by atoms with Crippen LogP contribution >= 0.6 is 11.3 Å². The van der Waals surface area contributed by atoms with E-state index < -0.39 is 0 Å². The maximum atomic E-state index is 11.7. The maximum absolute atomic E-state index is 11.7. The van der Waals surface area contributed by atoms with Gasteiger partial charge in [-0.2, -0.15) is 0 Å². The molecule has 3 aromatic rings. The van der Waals surface area contributed by atoms with Crippen molar-refractivity contribution in [3.05, 3.63) is 53.2 Å². The number of rotatable bonds is 7. The van der Waals surface area contributed by atoms with Crippen LogP contribution in [0.4, 0.5) is 11.4 Å². The highest BCUT2D eigenvalue weighted by Gasteiger charge is 2.27. The minimum absolute atomic E-state index is 0.595. The lowest BCUT2D eigenvalue weighted by molar-refractivity contribution is -0.107. The molecule has 4 rings (SSSR count). The fourth-order valence-corrected chi connectivity index (χ4v) is 4.36. The normalized spacial score (nSPS) is 13.8. The van der Waals surface area contributed by atoms with E-state index >= 15 is 0 Å². The number of fused-ring (bicyclic) bond motifs is 1. The minimum Gasteiger partial charge on any atom is -0.373 e. The number of likely N-dealkylation sites (N-methyl/N-ethyl adjacent to an activating group) is 1. The monoisotopic (exact) mass is 365 g/mol. The van der Waals surface area contributed by atoms with Crippen molar-refractivity contribution in [2.75, 3.05) is 29.9 Å². The summed E-state index contributed by atoms with van der Waals surface area (Å²) < 4.78 is 1.31. The number of benzene rings is 1. The lowest BCUT2D eigenvalue weighted by Gasteiger charge is -2.25. The van der Waals surface area contributed by atoms with Gasteiger partial charge in [-0.1, -0.05) is 6.07 Å². The standard InChI is InChI=1S/C21H23N3OS/c1-15-13-26-21-11-17(5-6-18(15)21)23(2)9-10-24(14-25)20-12-22-8-7-19(20)16-3-4-16/h5-8,11-14,16H,3-4,9-10H2,1-2H3. The molecular weight excluding hydrogens is 342 g/mol. The predicted octanol–water partition coefficient (Wildman–Crippen LogP) is 4.58. The average molecular weight is 366 g/mol. The molecule has 1 aromatic carbocycles. The largest absolute Gasteiger partial charge is 0.373 e. The van der Waals surface area contributed by atoms with E-state index in [1.165, 1.54) is 39.7 Å². The minimum atomic E-state index is 0.595. The number of hydrogen-bond acceptors (Lipinski definition) is 4. The van der Waals surface area contributed by atoms with Gasteiger partial charge in [0, 0.05) is 36.7 Å². The van der Waals surface area contributed by atoms with Gasteiger partial charge in [-0.3, -0.25) is 9.78 Å². The molecule has 5 heteroatoms. The Morgan fingerprint density at radius 1 is 1.27 bits per heavy atom. The Bertz CT molecular complexity index is 932. The van der Waals surface area contributed by atoms with Gasteiger partial charge in [0.2, 0.25) is 6.41 Å². The van der Waals surface area contributed by atoms with E-state index in [-0.39, 0.29) is 0 Å². The van der Waals surface area contributed by atoms with Crippen molar-refractivity contribution in [1.82, 2.24) is 4.98 Å². The second kappa shape index (κ2) is 7.08. The van der Waals surface area contributed by atoms with E-state index in [1.54, 1.807) is 16.2 Å². The molecular formula is C21H23N3OS. The van der Waals surface area contributed by atoms with Crippen LogP contribution in [-0.2, 0) is 4.79 Å². The number of hydrogen-bond donors (Lipinski definition) is 0. The number of aromatic nitrogens is 1. The summed E-state index contributed by atoms with van der Waals surface area (Å²) in [5, 5.41) is 3.52. The molecule has 0 saturated heterocycles. The average Bonchev–Trinajstić information content (AvgIpc) is 3.46.